The first-order chi connectivity index (χ1) is 16.4. The Morgan fingerprint density at radius 2 is 1.74 bits per heavy atom. The zero-order chi connectivity index (χ0) is 23.8. The number of aryl methyl sites for hydroxylation is 3. The smallest absolute Gasteiger partial charge is 0.227 e. The first kappa shape index (κ1) is 22.1. The number of carbonyl (C=O) groups is 1. The second-order valence-electron chi connectivity index (χ2n) is 9.14. The fourth-order valence-electron chi connectivity index (χ4n) is 4.46. The van der Waals surface area contributed by atoms with E-state index in [1.54, 1.807) is 19.1 Å². The summed E-state index contributed by atoms with van der Waals surface area (Å²) in [6.07, 6.45) is 1.43. The molecule has 0 spiro atoms. The predicted molar refractivity (Wildman–Crippen MR) is 133 cm³/mol. The maximum atomic E-state index is 13.8. The monoisotopic (exact) mass is 457 g/mol. The molecule has 6 nitrogen and oxygen atoms in total. The molecule has 5 rings (SSSR count). The molecule has 2 aromatic carbocycles. The van der Waals surface area contributed by atoms with E-state index in [4.69, 9.17) is 5.10 Å². The predicted octanol–water partition coefficient (Wildman–Crippen LogP) is 5.32. The number of aromatic nitrogens is 3. The molecule has 0 radical (unpaired) electrons. The van der Waals surface area contributed by atoms with Crippen LogP contribution in [-0.4, -0.2) is 33.6 Å². The summed E-state index contributed by atoms with van der Waals surface area (Å²) in [6, 6.07) is 17.2. The van der Waals surface area contributed by atoms with Gasteiger partial charge in [0.2, 0.25) is 5.91 Å². The van der Waals surface area contributed by atoms with E-state index in [2.05, 4.69) is 46.4 Å². The van der Waals surface area contributed by atoms with Crippen LogP contribution in [0.1, 0.15) is 29.7 Å². The molecular weight excluding hydrogens is 429 g/mol. The normalized spacial score (nSPS) is 14.5. The fourth-order valence-corrected chi connectivity index (χ4v) is 4.46. The molecule has 7 heteroatoms. The zero-order valence-electron chi connectivity index (χ0n) is 19.7. The molecule has 3 heterocycles. The minimum Gasteiger partial charge on any atom is -0.356 e. The summed E-state index contributed by atoms with van der Waals surface area (Å²) in [5.41, 5.74) is 5.96. The van der Waals surface area contributed by atoms with Crippen molar-refractivity contribution in [1.29, 1.82) is 0 Å². The van der Waals surface area contributed by atoms with Crippen LogP contribution < -0.4 is 10.2 Å². The van der Waals surface area contributed by atoms with E-state index in [1.807, 2.05) is 23.6 Å². The largest absolute Gasteiger partial charge is 0.356 e. The van der Waals surface area contributed by atoms with Gasteiger partial charge in [-0.1, -0.05) is 35.9 Å². The topological polar surface area (TPSA) is 62.5 Å². The summed E-state index contributed by atoms with van der Waals surface area (Å²) in [7, 11) is 0. The van der Waals surface area contributed by atoms with Crippen LogP contribution in [-0.2, 0) is 4.79 Å². The molecule has 1 N–H and O–H groups in total. The average Bonchev–Trinajstić information content (AvgIpc) is 3.25. The number of carbonyl (C=O) groups excluding carboxylic acids is 1. The van der Waals surface area contributed by atoms with Crippen LogP contribution in [0.3, 0.4) is 0 Å². The van der Waals surface area contributed by atoms with Gasteiger partial charge in [-0.3, -0.25) is 4.79 Å². The summed E-state index contributed by atoms with van der Waals surface area (Å²) in [5.74, 6) is 0.508. The third kappa shape index (κ3) is 4.38. The average molecular weight is 458 g/mol. The van der Waals surface area contributed by atoms with Crippen LogP contribution in [0, 0.1) is 32.5 Å². The van der Waals surface area contributed by atoms with Crippen molar-refractivity contribution in [3.8, 4) is 11.3 Å². The van der Waals surface area contributed by atoms with Gasteiger partial charge in [-0.05, 0) is 51.3 Å². The number of anilines is 2. The van der Waals surface area contributed by atoms with Crippen LogP contribution in [0.4, 0.5) is 15.9 Å². The van der Waals surface area contributed by atoms with Crippen molar-refractivity contribution in [2.45, 2.75) is 33.6 Å². The van der Waals surface area contributed by atoms with Gasteiger partial charge in [0.15, 0.2) is 5.65 Å². The lowest BCUT2D eigenvalue weighted by molar-refractivity contribution is -0.120. The number of halogens is 1. The van der Waals surface area contributed by atoms with Gasteiger partial charge in [-0.2, -0.15) is 9.61 Å². The van der Waals surface area contributed by atoms with Gasteiger partial charge < -0.3 is 10.2 Å². The third-order valence-corrected chi connectivity index (χ3v) is 6.51. The van der Waals surface area contributed by atoms with Crippen molar-refractivity contribution < 1.29 is 9.18 Å². The van der Waals surface area contributed by atoms with Gasteiger partial charge in [0.1, 0.15) is 11.6 Å². The Kier molecular flexibility index (Phi) is 5.77. The Morgan fingerprint density at radius 1 is 1.00 bits per heavy atom. The zero-order valence-corrected chi connectivity index (χ0v) is 19.7. The van der Waals surface area contributed by atoms with Gasteiger partial charge in [0, 0.05) is 48.1 Å². The molecular formula is C27H28FN5O. The highest BCUT2D eigenvalue weighted by atomic mass is 19.1. The number of benzene rings is 2. The van der Waals surface area contributed by atoms with Gasteiger partial charge in [-0.15, -0.1) is 0 Å². The highest BCUT2D eigenvalue weighted by Gasteiger charge is 2.27. The van der Waals surface area contributed by atoms with E-state index >= 15 is 0 Å². The van der Waals surface area contributed by atoms with Crippen molar-refractivity contribution in [3.05, 3.63) is 77.2 Å². The SMILES string of the molecule is Cc1ccc(-c2cc3nc(C)cc(N4CCC(C(=O)Nc5ccc(C)c(F)c5)CC4)n3n2)cc1. The number of fused-ring (bicyclic) bond motifs is 1. The minimum absolute atomic E-state index is 0.0558. The second kappa shape index (κ2) is 8.89. The van der Waals surface area contributed by atoms with Crippen molar-refractivity contribution in [2.24, 2.45) is 5.92 Å². The van der Waals surface area contributed by atoms with Gasteiger partial charge in [-0.25, -0.2) is 9.37 Å². The summed E-state index contributed by atoms with van der Waals surface area (Å²) < 4.78 is 15.7. The Balaban J connectivity index is 1.32. The summed E-state index contributed by atoms with van der Waals surface area (Å²) >= 11 is 0. The number of nitrogens with zero attached hydrogens (tertiary/aromatic N) is 4. The molecule has 34 heavy (non-hydrogen) atoms. The molecule has 0 aliphatic carbocycles. The number of hydrogen-bond donors (Lipinski definition) is 1. The number of amides is 1. The van der Waals surface area contributed by atoms with Gasteiger partial charge in [0.05, 0.1) is 5.69 Å². The first-order valence-electron chi connectivity index (χ1n) is 11.6. The van der Waals surface area contributed by atoms with Gasteiger partial charge in [0.25, 0.3) is 0 Å². The summed E-state index contributed by atoms with van der Waals surface area (Å²) in [5, 5.41) is 7.73. The number of piperidine rings is 1. The molecule has 0 saturated carbocycles. The second-order valence-corrected chi connectivity index (χ2v) is 9.14. The highest BCUT2D eigenvalue weighted by Crippen LogP contribution is 2.28. The van der Waals surface area contributed by atoms with E-state index in [0.717, 1.165) is 54.3 Å². The van der Waals surface area contributed by atoms with Crippen LogP contribution in [0.25, 0.3) is 16.9 Å². The quantitative estimate of drug-likeness (QED) is 0.451. The van der Waals surface area contributed by atoms with E-state index in [1.165, 1.54) is 11.6 Å². The molecule has 1 aliphatic heterocycles. The molecule has 0 atom stereocenters. The van der Waals surface area contributed by atoms with Gasteiger partial charge >= 0.3 is 0 Å². The molecule has 1 saturated heterocycles. The fraction of sp³-hybridized carbons (Fsp3) is 0.296. The van der Waals surface area contributed by atoms with Crippen LogP contribution >= 0.6 is 0 Å². The van der Waals surface area contributed by atoms with E-state index in [-0.39, 0.29) is 17.6 Å². The molecule has 2 aromatic heterocycles. The van der Waals surface area contributed by atoms with E-state index in [0.29, 0.717) is 11.3 Å². The van der Waals surface area contributed by atoms with Crippen LogP contribution in [0.5, 0.6) is 0 Å². The number of hydrogen-bond acceptors (Lipinski definition) is 4. The summed E-state index contributed by atoms with van der Waals surface area (Å²) in [6.45, 7) is 7.23. The van der Waals surface area contributed by atoms with Crippen LogP contribution in [0.2, 0.25) is 0 Å². The lowest BCUT2D eigenvalue weighted by Crippen LogP contribution is -2.39. The molecule has 1 amide bonds. The van der Waals surface area contributed by atoms with Crippen molar-refractivity contribution >= 4 is 23.1 Å². The lowest BCUT2D eigenvalue weighted by Gasteiger charge is -2.33. The Hall–Kier alpha value is -3.74. The Labute approximate surface area is 198 Å². The molecule has 0 bridgehead atoms. The number of rotatable bonds is 4. The Bertz CT molecular complexity index is 1350. The third-order valence-electron chi connectivity index (χ3n) is 6.51. The minimum atomic E-state index is -0.311. The molecule has 1 aliphatic rings. The van der Waals surface area contributed by atoms with E-state index in [9.17, 15) is 9.18 Å². The highest BCUT2D eigenvalue weighted by molar-refractivity contribution is 5.92. The van der Waals surface area contributed by atoms with E-state index < -0.39 is 0 Å². The summed E-state index contributed by atoms with van der Waals surface area (Å²) in [4.78, 5) is 19.7. The van der Waals surface area contributed by atoms with Crippen molar-refractivity contribution in [2.75, 3.05) is 23.3 Å². The molecule has 4 aromatic rings. The lowest BCUT2D eigenvalue weighted by atomic mass is 9.95. The van der Waals surface area contributed by atoms with Crippen molar-refractivity contribution in [1.82, 2.24) is 14.6 Å². The standard InChI is InChI=1S/C27H28FN5O/c1-17-4-7-20(8-5-17)24-16-25-29-19(3)14-26(33(25)31-24)32-12-10-21(11-13-32)27(34)30-22-9-6-18(2)23(28)15-22/h4-9,14-16,21H,10-13H2,1-3H3,(H,30,34). The van der Waals surface area contributed by atoms with Crippen LogP contribution in [0.15, 0.2) is 54.6 Å². The van der Waals surface area contributed by atoms with Crippen molar-refractivity contribution in [3.63, 3.8) is 0 Å². The number of nitrogens with one attached hydrogen (secondary N) is 1. The first-order valence-corrected chi connectivity index (χ1v) is 11.6. The molecule has 0 unspecified atom stereocenters. The Morgan fingerprint density at radius 3 is 2.44 bits per heavy atom. The maximum absolute atomic E-state index is 13.8. The molecule has 1 fully saturated rings. The molecule has 174 valence electrons. The maximum Gasteiger partial charge on any atom is 0.227 e.